The zero-order chi connectivity index (χ0) is 6.53. The normalized spacial score (nSPS) is 9.44. The number of benzene rings is 1. The van der Waals surface area contributed by atoms with Crippen molar-refractivity contribution >= 4 is 0 Å². The lowest BCUT2D eigenvalue weighted by atomic mass is 10.2. The van der Waals surface area contributed by atoms with Gasteiger partial charge in [0.25, 0.3) is 0 Å². The number of rotatable bonds is 2. The van der Waals surface area contributed by atoms with Crippen LogP contribution in [-0.2, 0) is 6.54 Å². The fourth-order valence-electron chi connectivity index (χ4n) is 0.679. The van der Waals surface area contributed by atoms with E-state index in [1.54, 1.807) is 0 Å². The third-order valence-electron chi connectivity index (χ3n) is 1.12. The molecule has 0 spiro atoms. The molecule has 2 heteroatoms. The summed E-state index contributed by atoms with van der Waals surface area (Å²) >= 11 is 0. The maximum Gasteiger partial charge on any atom is 0.00890 e. The predicted molar refractivity (Wildman–Crippen MR) is 36.6 cm³/mol. The van der Waals surface area contributed by atoms with Gasteiger partial charge in [-0.3, -0.25) is 0 Å². The van der Waals surface area contributed by atoms with Crippen molar-refractivity contribution in [1.82, 2.24) is 5.48 Å². The van der Waals surface area contributed by atoms with Gasteiger partial charge < -0.3 is 10.7 Å². The van der Waals surface area contributed by atoms with E-state index in [1.165, 1.54) is 0 Å². The van der Waals surface area contributed by atoms with Crippen molar-refractivity contribution in [2.45, 2.75) is 6.54 Å². The van der Waals surface area contributed by atoms with Crippen molar-refractivity contribution in [3.8, 4) is 0 Å². The molecule has 0 atom stereocenters. The van der Waals surface area contributed by atoms with E-state index in [0.29, 0.717) is 6.54 Å². The van der Waals surface area contributed by atoms with Gasteiger partial charge in [-0.1, -0.05) is 30.3 Å². The first-order chi connectivity index (χ1) is 4.43. The van der Waals surface area contributed by atoms with Crippen LogP contribution >= 0.6 is 0 Å². The molecule has 1 aromatic carbocycles. The Morgan fingerprint density at radius 1 is 1.22 bits per heavy atom. The zero-order valence-electron chi connectivity index (χ0n) is 5.00. The van der Waals surface area contributed by atoms with Gasteiger partial charge in [0, 0.05) is 6.54 Å². The molecule has 0 aliphatic carbocycles. The monoisotopic (exact) mass is 122 g/mol. The van der Waals surface area contributed by atoms with E-state index in [-0.39, 0.29) is 0 Å². The summed E-state index contributed by atoms with van der Waals surface area (Å²) in [5.74, 6) is 0. The molecule has 0 unspecified atom stereocenters. The number of nitrogens with one attached hydrogen (secondary N) is 1. The summed E-state index contributed by atoms with van der Waals surface area (Å²) in [5.41, 5.74) is 2.85. The van der Waals surface area contributed by atoms with Crippen LogP contribution in [0.2, 0.25) is 0 Å². The number of hydrogen-bond acceptors (Lipinski definition) is 2. The van der Waals surface area contributed by atoms with E-state index < -0.39 is 0 Å². The molecule has 0 radical (unpaired) electrons. The molecule has 0 aromatic heterocycles. The van der Waals surface area contributed by atoms with Crippen LogP contribution < -0.4 is 5.48 Å². The molecule has 1 N–H and O–H groups in total. The summed E-state index contributed by atoms with van der Waals surface area (Å²) in [6.45, 7) is 0.404. The van der Waals surface area contributed by atoms with E-state index in [9.17, 15) is 5.21 Å². The Hall–Kier alpha value is -0.860. The van der Waals surface area contributed by atoms with Crippen LogP contribution in [0.25, 0.3) is 0 Å². The molecule has 0 aliphatic rings. The minimum Gasteiger partial charge on any atom is -0.788 e. The summed E-state index contributed by atoms with van der Waals surface area (Å²) < 4.78 is 0. The summed E-state index contributed by atoms with van der Waals surface area (Å²) in [4.78, 5) is 0. The maximum absolute atomic E-state index is 9.85. The van der Waals surface area contributed by atoms with Crippen molar-refractivity contribution < 1.29 is 0 Å². The molecule has 0 amide bonds. The van der Waals surface area contributed by atoms with Gasteiger partial charge in [-0.25, -0.2) is 0 Å². The van der Waals surface area contributed by atoms with E-state index in [2.05, 4.69) is 0 Å². The molecule has 1 rings (SSSR count). The van der Waals surface area contributed by atoms with Crippen LogP contribution in [0.4, 0.5) is 0 Å². The predicted octanol–water partition coefficient (Wildman–Crippen LogP) is 1.27. The summed E-state index contributed by atoms with van der Waals surface area (Å²) in [6, 6.07) is 9.56. The fraction of sp³-hybridized carbons (Fsp3) is 0.143. The first kappa shape index (κ1) is 6.26. The highest BCUT2D eigenvalue weighted by Crippen LogP contribution is 1.95. The Balaban J connectivity index is 2.61. The lowest BCUT2D eigenvalue weighted by Gasteiger charge is -2.05. The second-order valence-electron chi connectivity index (χ2n) is 1.81. The lowest BCUT2D eigenvalue weighted by Crippen LogP contribution is -2.01. The van der Waals surface area contributed by atoms with Crippen LogP contribution in [0.3, 0.4) is 0 Å². The molecule has 0 fully saturated rings. The Kier molecular flexibility index (Phi) is 2.24. The Labute approximate surface area is 54.1 Å². The number of hydroxylamine groups is 1. The van der Waals surface area contributed by atoms with Gasteiger partial charge in [-0.2, -0.15) is 0 Å². The Morgan fingerprint density at radius 2 is 1.89 bits per heavy atom. The van der Waals surface area contributed by atoms with Crippen molar-refractivity contribution in [2.75, 3.05) is 0 Å². The second-order valence-corrected chi connectivity index (χ2v) is 1.81. The largest absolute Gasteiger partial charge is 0.788 e. The van der Waals surface area contributed by atoms with Gasteiger partial charge >= 0.3 is 0 Å². The highest BCUT2D eigenvalue weighted by Gasteiger charge is 1.81. The fourth-order valence-corrected chi connectivity index (χ4v) is 0.679. The van der Waals surface area contributed by atoms with E-state index in [0.717, 1.165) is 5.56 Å². The van der Waals surface area contributed by atoms with E-state index in [4.69, 9.17) is 0 Å². The Bertz CT molecular complexity index is 162. The molecule has 2 nitrogen and oxygen atoms in total. The molecule has 0 bridgehead atoms. The quantitative estimate of drug-likeness (QED) is 0.599. The van der Waals surface area contributed by atoms with Crippen LogP contribution in [0.5, 0.6) is 0 Å². The third-order valence-corrected chi connectivity index (χ3v) is 1.12. The maximum atomic E-state index is 9.85. The summed E-state index contributed by atoms with van der Waals surface area (Å²) in [5, 5.41) is 9.85. The lowest BCUT2D eigenvalue weighted by molar-refractivity contribution is 0.876. The molecular weight excluding hydrogens is 114 g/mol. The molecule has 9 heavy (non-hydrogen) atoms. The average Bonchev–Trinajstić information content (AvgIpc) is 1.91. The average molecular weight is 122 g/mol. The molecule has 48 valence electrons. The van der Waals surface area contributed by atoms with Gasteiger partial charge in [0.1, 0.15) is 0 Å². The van der Waals surface area contributed by atoms with Crippen LogP contribution in [0, 0.1) is 5.21 Å². The van der Waals surface area contributed by atoms with E-state index >= 15 is 0 Å². The van der Waals surface area contributed by atoms with Crippen molar-refractivity contribution in [2.24, 2.45) is 0 Å². The van der Waals surface area contributed by atoms with Crippen LogP contribution in [0.1, 0.15) is 5.56 Å². The molecule has 1 aromatic rings. The molecule has 0 saturated carbocycles. The third kappa shape index (κ3) is 1.83. The van der Waals surface area contributed by atoms with Gasteiger partial charge in [0.05, 0.1) is 0 Å². The molecule has 0 aliphatic heterocycles. The minimum absolute atomic E-state index is 0.404. The van der Waals surface area contributed by atoms with Gasteiger partial charge in [-0.05, 0) is 5.56 Å². The topological polar surface area (TPSA) is 35.1 Å². The SMILES string of the molecule is [O-]NCc1ccccc1. The standard InChI is InChI=1S/C7H8NO/c9-8-6-7-4-2-1-3-5-7/h1-5,8H,6H2/q-1. The highest BCUT2D eigenvalue weighted by atomic mass is 16.5. The minimum atomic E-state index is 0.404. The van der Waals surface area contributed by atoms with Gasteiger partial charge in [0.15, 0.2) is 0 Å². The van der Waals surface area contributed by atoms with E-state index in [1.807, 2.05) is 35.8 Å². The first-order valence-electron chi connectivity index (χ1n) is 2.82. The zero-order valence-corrected chi connectivity index (χ0v) is 5.00. The van der Waals surface area contributed by atoms with Crippen molar-refractivity contribution in [1.29, 1.82) is 0 Å². The smallest absolute Gasteiger partial charge is 0.00890 e. The Morgan fingerprint density at radius 3 is 2.44 bits per heavy atom. The number of hydrogen-bond donors (Lipinski definition) is 1. The summed E-state index contributed by atoms with van der Waals surface area (Å²) in [7, 11) is 0. The van der Waals surface area contributed by atoms with Crippen LogP contribution in [0.15, 0.2) is 30.3 Å². The van der Waals surface area contributed by atoms with Crippen LogP contribution in [-0.4, -0.2) is 0 Å². The molecular formula is C7H8NO-. The first-order valence-corrected chi connectivity index (χ1v) is 2.82. The molecule has 0 heterocycles. The second kappa shape index (κ2) is 3.22. The highest BCUT2D eigenvalue weighted by molar-refractivity contribution is 5.14. The summed E-state index contributed by atoms with van der Waals surface area (Å²) in [6.07, 6.45) is 0. The molecule has 0 saturated heterocycles. The van der Waals surface area contributed by atoms with Gasteiger partial charge in [-0.15, -0.1) is 0 Å². The van der Waals surface area contributed by atoms with Crippen molar-refractivity contribution in [3.05, 3.63) is 41.1 Å². The van der Waals surface area contributed by atoms with Crippen molar-refractivity contribution in [3.63, 3.8) is 0 Å². The van der Waals surface area contributed by atoms with Gasteiger partial charge in [0.2, 0.25) is 0 Å².